The minimum absolute atomic E-state index is 0.459. The van der Waals surface area contributed by atoms with Gasteiger partial charge in [-0.1, -0.05) is 6.07 Å². The highest BCUT2D eigenvalue weighted by Gasteiger charge is 1.91. The van der Waals surface area contributed by atoms with Crippen LogP contribution in [0, 0.1) is 0 Å². The van der Waals surface area contributed by atoms with Crippen molar-refractivity contribution in [3.8, 4) is 0 Å². The molecule has 0 aliphatic carbocycles. The first-order valence-corrected chi connectivity index (χ1v) is 3.49. The predicted molar refractivity (Wildman–Crippen MR) is 39.4 cm³/mol. The number of ether oxygens (including phenoxy) is 1. The number of pyridine rings is 1. The van der Waals surface area contributed by atoms with Crippen LogP contribution in [-0.2, 0) is 16.3 Å². The van der Waals surface area contributed by atoms with E-state index in [0.717, 1.165) is 5.69 Å². The van der Waals surface area contributed by atoms with Gasteiger partial charge in [-0.05, 0) is 12.1 Å². The van der Waals surface area contributed by atoms with Gasteiger partial charge in [-0.25, -0.2) is 5.11 Å². The number of nitrogens with zero attached hydrogens (tertiary/aromatic N) is 1. The third-order valence-electron chi connectivity index (χ3n) is 1.31. The van der Waals surface area contributed by atoms with Crippen molar-refractivity contribution in [3.63, 3.8) is 0 Å². The first-order valence-electron chi connectivity index (χ1n) is 3.49. The van der Waals surface area contributed by atoms with Crippen LogP contribution in [0.2, 0.25) is 0 Å². The number of aromatic nitrogens is 1. The Bertz CT molecular complexity index is 189. The van der Waals surface area contributed by atoms with Crippen molar-refractivity contribution >= 4 is 0 Å². The van der Waals surface area contributed by atoms with Gasteiger partial charge in [0, 0.05) is 18.3 Å². The Morgan fingerprint density at radius 2 is 2.36 bits per heavy atom. The summed E-state index contributed by atoms with van der Waals surface area (Å²) in [4.78, 5) is 4.07. The average molecular weight is 152 g/mol. The summed E-state index contributed by atoms with van der Waals surface area (Å²) in [5, 5.41) is 9.88. The number of hydrogen-bond acceptors (Lipinski definition) is 2. The lowest BCUT2D eigenvalue weighted by Gasteiger charge is -1.97. The van der Waals surface area contributed by atoms with Gasteiger partial charge in [-0.3, -0.25) is 4.98 Å². The summed E-state index contributed by atoms with van der Waals surface area (Å²) in [6.07, 6.45) is 2.44. The van der Waals surface area contributed by atoms with E-state index >= 15 is 0 Å². The van der Waals surface area contributed by atoms with Crippen molar-refractivity contribution in [3.05, 3.63) is 30.1 Å². The molecular weight excluding hydrogens is 142 g/mol. The standard InChI is InChI=1S/C8H10NO2/c10-7-11-6-4-8-3-1-2-5-9-8/h1-3,5H,4,6-7H2. The fraction of sp³-hybridized carbons (Fsp3) is 0.375. The Morgan fingerprint density at radius 3 is 3.00 bits per heavy atom. The van der Waals surface area contributed by atoms with E-state index in [9.17, 15) is 5.11 Å². The highest BCUT2D eigenvalue weighted by atomic mass is 16.6. The maximum absolute atomic E-state index is 9.88. The van der Waals surface area contributed by atoms with E-state index in [-0.39, 0.29) is 0 Å². The van der Waals surface area contributed by atoms with Crippen LogP contribution >= 0.6 is 0 Å². The van der Waals surface area contributed by atoms with Crippen LogP contribution in [0.1, 0.15) is 5.69 Å². The van der Waals surface area contributed by atoms with E-state index < -0.39 is 6.79 Å². The minimum Gasteiger partial charge on any atom is -0.352 e. The van der Waals surface area contributed by atoms with Crippen LogP contribution < -0.4 is 0 Å². The zero-order valence-electron chi connectivity index (χ0n) is 6.19. The average Bonchev–Trinajstić information content (AvgIpc) is 2.07. The Kier molecular flexibility index (Phi) is 3.58. The van der Waals surface area contributed by atoms with Crippen LogP contribution in [0.5, 0.6) is 0 Å². The zero-order valence-corrected chi connectivity index (χ0v) is 6.19. The zero-order chi connectivity index (χ0) is 7.94. The van der Waals surface area contributed by atoms with Crippen molar-refractivity contribution < 1.29 is 9.84 Å². The van der Waals surface area contributed by atoms with Crippen LogP contribution in [0.3, 0.4) is 0 Å². The summed E-state index contributed by atoms with van der Waals surface area (Å²) in [6.45, 7) is -0.00660. The quantitative estimate of drug-likeness (QED) is 0.477. The van der Waals surface area contributed by atoms with Crippen LogP contribution in [0.15, 0.2) is 24.4 Å². The molecule has 1 rings (SSSR count). The lowest BCUT2D eigenvalue weighted by molar-refractivity contribution is -0.0425. The van der Waals surface area contributed by atoms with Crippen LogP contribution in [-0.4, -0.2) is 18.4 Å². The summed E-state index contributed by atoms with van der Waals surface area (Å²) in [5.41, 5.74) is 0.959. The second-order valence-corrected chi connectivity index (χ2v) is 2.10. The van der Waals surface area contributed by atoms with Gasteiger partial charge in [0.25, 0.3) is 0 Å². The molecule has 0 spiro atoms. The number of hydrogen-bond donors (Lipinski definition) is 0. The molecule has 1 radical (unpaired) electrons. The molecule has 0 aliphatic heterocycles. The maximum Gasteiger partial charge on any atom is 0.180 e. The van der Waals surface area contributed by atoms with Crippen LogP contribution in [0.25, 0.3) is 0 Å². The summed E-state index contributed by atoms with van der Waals surface area (Å²) < 4.78 is 4.64. The topological polar surface area (TPSA) is 42.0 Å². The normalized spacial score (nSPS) is 9.91. The van der Waals surface area contributed by atoms with Crippen molar-refractivity contribution in [1.29, 1.82) is 0 Å². The van der Waals surface area contributed by atoms with Gasteiger partial charge >= 0.3 is 0 Å². The van der Waals surface area contributed by atoms with Gasteiger partial charge in [-0.2, -0.15) is 0 Å². The van der Waals surface area contributed by atoms with Gasteiger partial charge in [-0.15, -0.1) is 0 Å². The summed E-state index contributed by atoms with van der Waals surface area (Å²) in [7, 11) is 0. The highest BCUT2D eigenvalue weighted by Crippen LogP contribution is 1.94. The number of rotatable bonds is 4. The van der Waals surface area contributed by atoms with E-state index in [1.54, 1.807) is 6.20 Å². The molecule has 0 aliphatic rings. The van der Waals surface area contributed by atoms with Gasteiger partial charge in [0.15, 0.2) is 6.79 Å². The fourth-order valence-electron chi connectivity index (χ4n) is 0.782. The molecule has 3 nitrogen and oxygen atoms in total. The molecule has 0 bridgehead atoms. The van der Waals surface area contributed by atoms with E-state index in [2.05, 4.69) is 9.72 Å². The molecule has 1 heterocycles. The second kappa shape index (κ2) is 4.82. The molecule has 0 aromatic carbocycles. The van der Waals surface area contributed by atoms with Gasteiger partial charge in [0.05, 0.1) is 6.61 Å². The third-order valence-corrected chi connectivity index (χ3v) is 1.31. The smallest absolute Gasteiger partial charge is 0.180 e. The summed E-state index contributed by atoms with van der Waals surface area (Å²) in [5.74, 6) is 0. The minimum atomic E-state index is -0.465. The van der Waals surface area contributed by atoms with E-state index in [1.165, 1.54) is 0 Å². The van der Waals surface area contributed by atoms with Crippen molar-refractivity contribution in [1.82, 2.24) is 4.98 Å². The molecule has 1 aromatic heterocycles. The Morgan fingerprint density at radius 1 is 1.45 bits per heavy atom. The Labute approximate surface area is 65.7 Å². The molecule has 0 N–H and O–H groups in total. The highest BCUT2D eigenvalue weighted by molar-refractivity contribution is 5.03. The van der Waals surface area contributed by atoms with Crippen molar-refractivity contribution in [2.45, 2.75) is 6.42 Å². The lowest BCUT2D eigenvalue weighted by Crippen LogP contribution is -1.99. The van der Waals surface area contributed by atoms with Crippen molar-refractivity contribution in [2.24, 2.45) is 0 Å². The van der Waals surface area contributed by atoms with Gasteiger partial charge < -0.3 is 4.74 Å². The third kappa shape index (κ3) is 3.11. The molecule has 0 atom stereocenters. The fourth-order valence-corrected chi connectivity index (χ4v) is 0.782. The van der Waals surface area contributed by atoms with Gasteiger partial charge in [0.1, 0.15) is 0 Å². The molecule has 11 heavy (non-hydrogen) atoms. The predicted octanol–water partition coefficient (Wildman–Crippen LogP) is 1.03. The van der Waals surface area contributed by atoms with E-state index in [0.29, 0.717) is 13.0 Å². The summed E-state index contributed by atoms with van der Waals surface area (Å²) >= 11 is 0. The van der Waals surface area contributed by atoms with Gasteiger partial charge in [0.2, 0.25) is 0 Å². The first kappa shape index (κ1) is 8.17. The SMILES string of the molecule is [O]COCCc1ccccn1. The lowest BCUT2D eigenvalue weighted by atomic mass is 10.3. The molecule has 0 amide bonds. The molecular formula is C8H10NO2. The van der Waals surface area contributed by atoms with E-state index in [4.69, 9.17) is 0 Å². The second-order valence-electron chi connectivity index (χ2n) is 2.10. The molecule has 0 saturated heterocycles. The van der Waals surface area contributed by atoms with E-state index in [1.807, 2.05) is 18.2 Å². The molecule has 0 unspecified atom stereocenters. The summed E-state index contributed by atoms with van der Waals surface area (Å²) in [6, 6.07) is 5.69. The maximum atomic E-state index is 9.88. The largest absolute Gasteiger partial charge is 0.352 e. The molecule has 1 aromatic rings. The molecule has 3 heteroatoms. The van der Waals surface area contributed by atoms with Crippen LogP contribution in [0.4, 0.5) is 0 Å². The first-order chi connectivity index (χ1) is 5.43. The van der Waals surface area contributed by atoms with Crippen molar-refractivity contribution in [2.75, 3.05) is 13.4 Å². The monoisotopic (exact) mass is 152 g/mol. The molecule has 0 fully saturated rings. The molecule has 59 valence electrons. The molecule has 0 saturated carbocycles. The Balaban J connectivity index is 2.28. The Hall–Kier alpha value is -0.930.